The van der Waals surface area contributed by atoms with Gasteiger partial charge in [0.15, 0.2) is 0 Å². The molecule has 0 aliphatic rings. The molecule has 0 aromatic heterocycles. The Morgan fingerprint density at radius 2 is 1.53 bits per heavy atom. The van der Waals surface area contributed by atoms with Crippen LogP contribution in [0.15, 0.2) is 60.7 Å². The number of hydrogen-bond donors (Lipinski definition) is 2. The first-order valence-electron chi connectivity index (χ1n) is 6.85. The lowest BCUT2D eigenvalue weighted by atomic mass is 10.0. The normalized spacial score (nSPS) is 14.0. The standard InChI is InChI=1S/C17H22N2/c1-14(18)17(16-10-6-3-7-11-16)19-13-12-15-8-4-2-5-9-15/h2-11,14,17,19H,12-13,18H2,1H3. The van der Waals surface area contributed by atoms with Gasteiger partial charge in [0.25, 0.3) is 0 Å². The third kappa shape index (κ3) is 4.19. The molecule has 2 heteroatoms. The Morgan fingerprint density at radius 1 is 0.947 bits per heavy atom. The van der Waals surface area contributed by atoms with Gasteiger partial charge < -0.3 is 11.1 Å². The van der Waals surface area contributed by atoms with Gasteiger partial charge in [-0.05, 0) is 31.0 Å². The lowest BCUT2D eigenvalue weighted by Crippen LogP contribution is -2.36. The average Bonchev–Trinajstić information content (AvgIpc) is 2.45. The highest BCUT2D eigenvalue weighted by Gasteiger charge is 2.14. The van der Waals surface area contributed by atoms with E-state index in [9.17, 15) is 0 Å². The monoisotopic (exact) mass is 254 g/mol. The van der Waals surface area contributed by atoms with E-state index in [1.54, 1.807) is 0 Å². The Hall–Kier alpha value is -1.64. The maximum absolute atomic E-state index is 6.09. The highest BCUT2D eigenvalue weighted by atomic mass is 14.9. The molecule has 19 heavy (non-hydrogen) atoms. The van der Waals surface area contributed by atoms with E-state index in [0.717, 1.165) is 13.0 Å². The van der Waals surface area contributed by atoms with Crippen molar-refractivity contribution in [2.24, 2.45) is 5.73 Å². The number of hydrogen-bond acceptors (Lipinski definition) is 2. The van der Waals surface area contributed by atoms with Crippen molar-refractivity contribution in [3.63, 3.8) is 0 Å². The second-order valence-corrected chi connectivity index (χ2v) is 4.94. The molecular weight excluding hydrogens is 232 g/mol. The van der Waals surface area contributed by atoms with Gasteiger partial charge in [-0.2, -0.15) is 0 Å². The quantitative estimate of drug-likeness (QED) is 0.832. The summed E-state index contributed by atoms with van der Waals surface area (Å²) in [5, 5.41) is 3.56. The average molecular weight is 254 g/mol. The molecule has 0 saturated carbocycles. The lowest BCUT2D eigenvalue weighted by Gasteiger charge is -2.23. The molecule has 0 bridgehead atoms. The van der Waals surface area contributed by atoms with Gasteiger partial charge in [0.1, 0.15) is 0 Å². The Labute approximate surface area is 115 Å². The van der Waals surface area contributed by atoms with Crippen molar-refractivity contribution in [1.29, 1.82) is 0 Å². The predicted molar refractivity (Wildman–Crippen MR) is 81.0 cm³/mol. The van der Waals surface area contributed by atoms with Crippen LogP contribution < -0.4 is 11.1 Å². The molecule has 0 saturated heterocycles. The topological polar surface area (TPSA) is 38.0 Å². The molecule has 0 heterocycles. The smallest absolute Gasteiger partial charge is 0.0471 e. The van der Waals surface area contributed by atoms with E-state index < -0.39 is 0 Å². The summed E-state index contributed by atoms with van der Waals surface area (Å²) in [6.45, 7) is 2.98. The first-order valence-corrected chi connectivity index (χ1v) is 6.85. The fourth-order valence-corrected chi connectivity index (χ4v) is 2.28. The molecule has 0 aliphatic carbocycles. The zero-order valence-electron chi connectivity index (χ0n) is 11.4. The van der Waals surface area contributed by atoms with Gasteiger partial charge in [-0.1, -0.05) is 60.7 Å². The van der Waals surface area contributed by atoms with Crippen LogP contribution in [0.4, 0.5) is 0 Å². The van der Waals surface area contributed by atoms with E-state index in [2.05, 4.69) is 53.8 Å². The SMILES string of the molecule is CC(N)C(NCCc1ccccc1)c1ccccc1. The minimum absolute atomic E-state index is 0.0955. The zero-order chi connectivity index (χ0) is 13.5. The van der Waals surface area contributed by atoms with Crippen LogP contribution in [0.2, 0.25) is 0 Å². The summed E-state index contributed by atoms with van der Waals surface area (Å²) in [5.74, 6) is 0. The van der Waals surface area contributed by atoms with Crippen LogP contribution >= 0.6 is 0 Å². The largest absolute Gasteiger partial charge is 0.326 e. The number of nitrogens with two attached hydrogens (primary N) is 1. The maximum atomic E-state index is 6.09. The van der Waals surface area contributed by atoms with Gasteiger partial charge in [0.05, 0.1) is 0 Å². The first kappa shape index (κ1) is 13.8. The van der Waals surface area contributed by atoms with Gasteiger partial charge in [0, 0.05) is 12.1 Å². The van der Waals surface area contributed by atoms with Crippen molar-refractivity contribution in [3.8, 4) is 0 Å². The molecule has 2 aromatic carbocycles. The number of rotatable bonds is 6. The predicted octanol–water partition coefficient (Wildman–Crippen LogP) is 2.91. The molecule has 2 atom stereocenters. The van der Waals surface area contributed by atoms with Gasteiger partial charge in [-0.3, -0.25) is 0 Å². The molecule has 0 spiro atoms. The van der Waals surface area contributed by atoms with Gasteiger partial charge in [-0.25, -0.2) is 0 Å². The van der Waals surface area contributed by atoms with Crippen LogP contribution in [0.3, 0.4) is 0 Å². The van der Waals surface area contributed by atoms with Crippen molar-refractivity contribution in [1.82, 2.24) is 5.32 Å². The fraction of sp³-hybridized carbons (Fsp3) is 0.294. The number of benzene rings is 2. The van der Waals surface area contributed by atoms with Gasteiger partial charge >= 0.3 is 0 Å². The van der Waals surface area contributed by atoms with Crippen molar-refractivity contribution >= 4 is 0 Å². The molecule has 2 unspecified atom stereocenters. The molecule has 2 rings (SSSR count). The van der Waals surface area contributed by atoms with Crippen LogP contribution in [0, 0.1) is 0 Å². The summed E-state index contributed by atoms with van der Waals surface area (Å²) in [5.41, 5.74) is 8.69. The summed E-state index contributed by atoms with van der Waals surface area (Å²) in [4.78, 5) is 0. The summed E-state index contributed by atoms with van der Waals surface area (Å²) < 4.78 is 0. The minimum Gasteiger partial charge on any atom is -0.326 e. The van der Waals surface area contributed by atoms with E-state index in [-0.39, 0.29) is 12.1 Å². The Kier molecular flexibility index (Phi) is 5.13. The molecule has 3 N–H and O–H groups in total. The molecule has 2 aromatic rings. The lowest BCUT2D eigenvalue weighted by molar-refractivity contribution is 0.467. The Morgan fingerprint density at radius 3 is 2.11 bits per heavy atom. The molecule has 0 radical (unpaired) electrons. The van der Waals surface area contributed by atoms with Crippen molar-refractivity contribution in [2.45, 2.75) is 25.4 Å². The first-order chi connectivity index (χ1) is 9.27. The fourth-order valence-electron chi connectivity index (χ4n) is 2.28. The summed E-state index contributed by atoms with van der Waals surface area (Å²) in [7, 11) is 0. The summed E-state index contributed by atoms with van der Waals surface area (Å²) in [6.07, 6.45) is 1.02. The van der Waals surface area contributed by atoms with E-state index in [0.29, 0.717) is 0 Å². The molecule has 100 valence electrons. The van der Waals surface area contributed by atoms with E-state index in [4.69, 9.17) is 5.73 Å². The van der Waals surface area contributed by atoms with Crippen LogP contribution in [0.1, 0.15) is 24.1 Å². The Balaban J connectivity index is 1.92. The van der Waals surface area contributed by atoms with Crippen LogP contribution in [-0.2, 0) is 6.42 Å². The maximum Gasteiger partial charge on any atom is 0.0471 e. The number of nitrogens with one attached hydrogen (secondary N) is 1. The van der Waals surface area contributed by atoms with Crippen molar-refractivity contribution < 1.29 is 0 Å². The molecule has 0 aliphatic heterocycles. The highest BCUT2D eigenvalue weighted by Crippen LogP contribution is 2.15. The van der Waals surface area contributed by atoms with Crippen LogP contribution in [0.5, 0.6) is 0 Å². The summed E-state index contributed by atoms with van der Waals surface area (Å²) >= 11 is 0. The second kappa shape index (κ2) is 7.07. The Bertz CT molecular complexity index is 465. The van der Waals surface area contributed by atoms with Crippen LogP contribution in [-0.4, -0.2) is 12.6 Å². The van der Waals surface area contributed by atoms with Crippen molar-refractivity contribution in [2.75, 3.05) is 6.54 Å². The van der Waals surface area contributed by atoms with E-state index in [1.807, 2.05) is 19.1 Å². The van der Waals surface area contributed by atoms with E-state index in [1.165, 1.54) is 11.1 Å². The van der Waals surface area contributed by atoms with Crippen molar-refractivity contribution in [3.05, 3.63) is 71.8 Å². The third-order valence-electron chi connectivity index (χ3n) is 3.31. The van der Waals surface area contributed by atoms with E-state index >= 15 is 0 Å². The molecule has 0 fully saturated rings. The highest BCUT2D eigenvalue weighted by molar-refractivity contribution is 5.20. The molecule has 2 nitrogen and oxygen atoms in total. The zero-order valence-corrected chi connectivity index (χ0v) is 11.4. The van der Waals surface area contributed by atoms with Crippen LogP contribution in [0.25, 0.3) is 0 Å². The van der Waals surface area contributed by atoms with Gasteiger partial charge in [0.2, 0.25) is 0 Å². The summed E-state index contributed by atoms with van der Waals surface area (Å²) in [6, 6.07) is 21.2. The second-order valence-electron chi connectivity index (χ2n) is 4.94. The minimum atomic E-state index is 0.0955. The van der Waals surface area contributed by atoms with Gasteiger partial charge in [-0.15, -0.1) is 0 Å². The molecule has 0 amide bonds. The third-order valence-corrected chi connectivity index (χ3v) is 3.31. The molecular formula is C17H22N2.